The molecule has 0 spiro atoms. The molecule has 0 aromatic heterocycles. The summed E-state index contributed by atoms with van der Waals surface area (Å²) in [5.74, 6) is 8.75. The number of nitrogens with two attached hydrogens (primary N) is 2. The van der Waals surface area contributed by atoms with Crippen LogP contribution in [-0.2, 0) is 10.1 Å². The van der Waals surface area contributed by atoms with Gasteiger partial charge in [0, 0.05) is 0 Å². The summed E-state index contributed by atoms with van der Waals surface area (Å²) in [5, 5.41) is 0. The van der Waals surface area contributed by atoms with Crippen molar-refractivity contribution in [2.75, 3.05) is 6.26 Å². The SMILES string of the molecule is CS(=O)(=O)O.NNN. The molecule has 0 aromatic carbocycles. The Labute approximate surface area is 47.5 Å². The van der Waals surface area contributed by atoms with Crippen molar-refractivity contribution in [3.63, 3.8) is 0 Å². The molecule has 0 fully saturated rings. The molecular formula is CH9N3O3S. The Bertz CT molecular complexity index is 108. The van der Waals surface area contributed by atoms with Gasteiger partial charge in [-0.05, 0) is 0 Å². The maximum atomic E-state index is 9.19. The highest BCUT2D eigenvalue weighted by Crippen LogP contribution is 1.60. The minimum absolute atomic E-state index is 0.715. The molecule has 0 aliphatic heterocycles. The number of rotatable bonds is 0. The first-order chi connectivity index (χ1) is 3.41. The van der Waals surface area contributed by atoms with Crippen LogP contribution in [0.3, 0.4) is 0 Å². The van der Waals surface area contributed by atoms with Gasteiger partial charge >= 0.3 is 0 Å². The van der Waals surface area contributed by atoms with Crippen LogP contribution >= 0.6 is 0 Å². The standard InChI is InChI=1S/CH4O3S.H5N3/c1-5(2,3)4;1-3-2/h1H3,(H,2,3,4);3H,1-2H2. The summed E-state index contributed by atoms with van der Waals surface area (Å²) in [6, 6.07) is 0. The van der Waals surface area contributed by atoms with Crippen molar-refractivity contribution in [3.05, 3.63) is 0 Å². The summed E-state index contributed by atoms with van der Waals surface area (Å²) in [6.07, 6.45) is 0.715. The number of hydrogen-bond acceptors (Lipinski definition) is 5. The average Bonchev–Trinajstić information content (AvgIpc) is 1.27. The van der Waals surface area contributed by atoms with Crippen LogP contribution in [0.2, 0.25) is 0 Å². The maximum absolute atomic E-state index is 9.19. The van der Waals surface area contributed by atoms with Crippen molar-refractivity contribution in [1.29, 1.82) is 0 Å². The summed E-state index contributed by atoms with van der Waals surface area (Å²) in [5.41, 5.74) is 1.75. The largest absolute Gasteiger partial charge is 0.286 e. The zero-order valence-corrected chi connectivity index (χ0v) is 5.14. The van der Waals surface area contributed by atoms with Gasteiger partial charge in [0.15, 0.2) is 0 Å². The van der Waals surface area contributed by atoms with Crippen LogP contribution in [0.1, 0.15) is 0 Å². The van der Waals surface area contributed by atoms with E-state index in [-0.39, 0.29) is 0 Å². The lowest BCUT2D eigenvalue weighted by Gasteiger charge is -1.69. The highest BCUT2D eigenvalue weighted by molar-refractivity contribution is 7.85. The van der Waals surface area contributed by atoms with E-state index in [9.17, 15) is 8.42 Å². The second-order valence-electron chi connectivity index (χ2n) is 0.900. The summed E-state index contributed by atoms with van der Waals surface area (Å²) in [7, 11) is -3.67. The van der Waals surface area contributed by atoms with Crippen molar-refractivity contribution in [2.45, 2.75) is 0 Å². The van der Waals surface area contributed by atoms with E-state index >= 15 is 0 Å². The van der Waals surface area contributed by atoms with Gasteiger partial charge in [-0.25, -0.2) is 0 Å². The Balaban J connectivity index is 0. The quantitative estimate of drug-likeness (QED) is 0.174. The van der Waals surface area contributed by atoms with Gasteiger partial charge in [0.05, 0.1) is 6.26 Å². The Hall–Kier alpha value is -0.210. The zero-order chi connectivity index (χ0) is 7.21. The van der Waals surface area contributed by atoms with Gasteiger partial charge in [0.1, 0.15) is 0 Å². The molecule has 0 atom stereocenters. The predicted molar refractivity (Wildman–Crippen MR) is 29.0 cm³/mol. The van der Waals surface area contributed by atoms with Crippen molar-refractivity contribution < 1.29 is 13.0 Å². The van der Waals surface area contributed by atoms with Gasteiger partial charge in [-0.15, -0.1) is 0 Å². The lowest BCUT2D eigenvalue weighted by atomic mass is 12.0. The van der Waals surface area contributed by atoms with E-state index < -0.39 is 10.1 Å². The van der Waals surface area contributed by atoms with Crippen molar-refractivity contribution in [2.24, 2.45) is 11.7 Å². The first kappa shape index (κ1) is 10.7. The van der Waals surface area contributed by atoms with Crippen LogP contribution in [-0.4, -0.2) is 19.2 Å². The van der Waals surface area contributed by atoms with E-state index in [1.165, 1.54) is 0 Å². The number of hydrogen-bond donors (Lipinski definition) is 4. The summed E-state index contributed by atoms with van der Waals surface area (Å²) in [6.45, 7) is 0. The molecule has 8 heavy (non-hydrogen) atoms. The van der Waals surface area contributed by atoms with Crippen molar-refractivity contribution >= 4 is 10.1 Å². The Morgan fingerprint density at radius 3 is 1.50 bits per heavy atom. The first-order valence-electron chi connectivity index (χ1n) is 1.50. The van der Waals surface area contributed by atoms with Crippen LogP contribution in [0, 0.1) is 0 Å². The molecule has 6 nitrogen and oxygen atoms in total. The molecule has 0 heterocycles. The second-order valence-corrected chi connectivity index (χ2v) is 2.37. The average molecular weight is 143 g/mol. The van der Waals surface area contributed by atoms with Crippen LogP contribution in [0.5, 0.6) is 0 Å². The van der Waals surface area contributed by atoms with E-state index in [0.717, 1.165) is 0 Å². The molecule has 0 radical (unpaired) electrons. The van der Waals surface area contributed by atoms with Crippen LogP contribution in [0.15, 0.2) is 0 Å². The van der Waals surface area contributed by atoms with Crippen molar-refractivity contribution in [1.82, 2.24) is 5.53 Å². The van der Waals surface area contributed by atoms with Gasteiger partial charge in [-0.3, -0.25) is 16.2 Å². The topological polar surface area (TPSA) is 118 Å². The van der Waals surface area contributed by atoms with Crippen molar-refractivity contribution in [3.8, 4) is 0 Å². The Morgan fingerprint density at radius 2 is 1.50 bits per heavy atom. The Kier molecular flexibility index (Phi) is 6.61. The predicted octanol–water partition coefficient (Wildman–Crippen LogP) is -2.17. The van der Waals surface area contributed by atoms with Gasteiger partial charge in [0.25, 0.3) is 10.1 Å². The summed E-state index contributed by atoms with van der Waals surface area (Å²) < 4.78 is 25.9. The molecule has 0 amide bonds. The molecular weight excluding hydrogens is 134 g/mol. The molecule has 0 saturated heterocycles. The molecule has 0 rings (SSSR count). The van der Waals surface area contributed by atoms with E-state index in [1.807, 2.05) is 0 Å². The van der Waals surface area contributed by atoms with E-state index in [0.29, 0.717) is 6.26 Å². The second kappa shape index (κ2) is 4.94. The molecule has 7 heteroatoms. The molecule has 0 aliphatic carbocycles. The smallest absolute Gasteiger partial charge is 0.261 e. The third-order valence-electron chi connectivity index (χ3n) is 0. The normalized spacial score (nSPS) is 9.50. The fourth-order valence-corrected chi connectivity index (χ4v) is 0. The highest BCUT2D eigenvalue weighted by atomic mass is 32.2. The molecule has 0 aliphatic rings. The van der Waals surface area contributed by atoms with Crippen LogP contribution in [0.4, 0.5) is 0 Å². The van der Waals surface area contributed by atoms with Gasteiger partial charge in [0.2, 0.25) is 0 Å². The molecule has 0 aromatic rings. The number of hydrazine groups is 2. The first-order valence-corrected chi connectivity index (χ1v) is 3.35. The minimum atomic E-state index is -3.67. The monoisotopic (exact) mass is 143 g/mol. The lowest BCUT2D eigenvalue weighted by molar-refractivity contribution is 0.490. The Morgan fingerprint density at radius 1 is 1.50 bits per heavy atom. The van der Waals surface area contributed by atoms with Gasteiger partial charge in [-0.2, -0.15) is 14.0 Å². The van der Waals surface area contributed by atoms with Gasteiger partial charge < -0.3 is 0 Å². The van der Waals surface area contributed by atoms with E-state index in [1.54, 1.807) is 5.53 Å². The fourth-order valence-electron chi connectivity index (χ4n) is 0. The molecule has 0 saturated carbocycles. The molecule has 52 valence electrons. The van der Waals surface area contributed by atoms with E-state index in [4.69, 9.17) is 4.55 Å². The third kappa shape index (κ3) is 3010. The summed E-state index contributed by atoms with van der Waals surface area (Å²) in [4.78, 5) is 0. The summed E-state index contributed by atoms with van der Waals surface area (Å²) >= 11 is 0. The molecule has 0 unspecified atom stereocenters. The number of nitrogens with one attached hydrogen (secondary N) is 1. The van der Waals surface area contributed by atoms with Crippen LogP contribution in [0.25, 0.3) is 0 Å². The maximum Gasteiger partial charge on any atom is 0.261 e. The van der Waals surface area contributed by atoms with Gasteiger partial charge in [-0.1, -0.05) is 0 Å². The fraction of sp³-hybridized carbons (Fsp3) is 1.00. The molecule has 0 bridgehead atoms. The zero-order valence-electron chi connectivity index (χ0n) is 4.33. The van der Waals surface area contributed by atoms with E-state index in [2.05, 4.69) is 11.7 Å². The minimum Gasteiger partial charge on any atom is -0.286 e. The van der Waals surface area contributed by atoms with Crippen LogP contribution < -0.4 is 17.2 Å². The highest BCUT2D eigenvalue weighted by Gasteiger charge is 1.81. The molecule has 6 N–H and O–H groups in total. The lowest BCUT2D eigenvalue weighted by Crippen LogP contribution is -2.29. The third-order valence-corrected chi connectivity index (χ3v) is 0.